The average molecular weight is 393 g/mol. The molecule has 7 heteroatoms. The fraction of sp³-hybridized carbons (Fsp3) is 0.143. The molecule has 1 amide bonds. The van der Waals surface area contributed by atoms with Crippen molar-refractivity contribution in [3.05, 3.63) is 71.5 Å². The zero-order chi connectivity index (χ0) is 19.8. The highest BCUT2D eigenvalue weighted by Gasteiger charge is 2.09. The lowest BCUT2D eigenvalue weighted by atomic mass is 10.2. The number of hydrogen-bond acceptors (Lipinski definition) is 6. The van der Waals surface area contributed by atoms with E-state index in [2.05, 4.69) is 15.3 Å². The number of nitrogens with zero attached hydrogens (tertiary/aromatic N) is 2. The van der Waals surface area contributed by atoms with E-state index in [-0.39, 0.29) is 18.3 Å². The van der Waals surface area contributed by atoms with Crippen molar-refractivity contribution in [3.8, 4) is 10.6 Å². The summed E-state index contributed by atoms with van der Waals surface area (Å²) in [6.45, 7) is 2.10. The van der Waals surface area contributed by atoms with Crippen LogP contribution in [0.3, 0.4) is 0 Å². The van der Waals surface area contributed by atoms with Gasteiger partial charge in [-0.1, -0.05) is 12.1 Å². The smallest absolute Gasteiger partial charge is 0.330 e. The van der Waals surface area contributed by atoms with Crippen LogP contribution in [-0.4, -0.2) is 28.5 Å². The number of anilines is 1. The van der Waals surface area contributed by atoms with E-state index in [9.17, 15) is 9.59 Å². The second-order valence-corrected chi connectivity index (χ2v) is 6.68. The van der Waals surface area contributed by atoms with Crippen LogP contribution in [0.2, 0.25) is 0 Å². The lowest BCUT2D eigenvalue weighted by Crippen LogP contribution is -2.14. The van der Waals surface area contributed by atoms with Crippen LogP contribution in [0.5, 0.6) is 0 Å². The first-order valence-electron chi connectivity index (χ1n) is 8.73. The fourth-order valence-electron chi connectivity index (χ4n) is 2.41. The molecule has 0 saturated carbocycles. The van der Waals surface area contributed by atoms with Crippen LogP contribution in [-0.2, 0) is 20.7 Å². The van der Waals surface area contributed by atoms with Crippen molar-refractivity contribution in [2.75, 3.05) is 11.9 Å². The molecule has 0 aliphatic rings. The molecule has 0 aliphatic carbocycles. The summed E-state index contributed by atoms with van der Waals surface area (Å²) in [5.41, 5.74) is 3.17. The van der Waals surface area contributed by atoms with Gasteiger partial charge in [0.15, 0.2) is 0 Å². The van der Waals surface area contributed by atoms with Gasteiger partial charge >= 0.3 is 5.97 Å². The Hall–Kier alpha value is -3.32. The minimum absolute atomic E-state index is 0.141. The Bertz CT molecular complexity index is 966. The van der Waals surface area contributed by atoms with Crippen molar-refractivity contribution in [1.82, 2.24) is 9.97 Å². The molecule has 0 fully saturated rings. The molecule has 0 aliphatic heterocycles. The number of ether oxygens (including phenoxy) is 1. The van der Waals surface area contributed by atoms with Crippen LogP contribution in [0.25, 0.3) is 16.6 Å². The molecule has 0 atom stereocenters. The van der Waals surface area contributed by atoms with Crippen LogP contribution in [0.1, 0.15) is 18.2 Å². The summed E-state index contributed by atoms with van der Waals surface area (Å²) in [4.78, 5) is 32.2. The average Bonchev–Trinajstić information content (AvgIpc) is 3.17. The number of esters is 1. The van der Waals surface area contributed by atoms with E-state index in [0.717, 1.165) is 21.8 Å². The summed E-state index contributed by atoms with van der Waals surface area (Å²) in [5.74, 6) is -0.522. The molecule has 0 unspecified atom stereocenters. The number of amides is 1. The summed E-state index contributed by atoms with van der Waals surface area (Å²) in [7, 11) is 0. The summed E-state index contributed by atoms with van der Waals surface area (Å²) in [6, 6.07) is 11.0. The van der Waals surface area contributed by atoms with E-state index in [1.165, 1.54) is 17.4 Å². The van der Waals surface area contributed by atoms with Crippen molar-refractivity contribution in [1.29, 1.82) is 0 Å². The lowest BCUT2D eigenvalue weighted by Gasteiger charge is -2.04. The van der Waals surface area contributed by atoms with Crippen molar-refractivity contribution in [2.24, 2.45) is 0 Å². The van der Waals surface area contributed by atoms with Crippen LogP contribution in [0.15, 0.2) is 60.2 Å². The molecule has 6 nitrogen and oxygen atoms in total. The summed E-state index contributed by atoms with van der Waals surface area (Å²) in [6.07, 6.45) is 6.70. The highest BCUT2D eigenvalue weighted by atomic mass is 32.1. The van der Waals surface area contributed by atoms with Crippen molar-refractivity contribution >= 4 is 35.0 Å². The zero-order valence-electron chi connectivity index (χ0n) is 15.3. The number of aromatic nitrogens is 2. The van der Waals surface area contributed by atoms with E-state index in [1.807, 2.05) is 29.6 Å². The first kappa shape index (κ1) is 19.4. The summed E-state index contributed by atoms with van der Waals surface area (Å²) >= 11 is 1.49. The third-order valence-electron chi connectivity index (χ3n) is 3.69. The lowest BCUT2D eigenvalue weighted by molar-refractivity contribution is -0.137. The van der Waals surface area contributed by atoms with E-state index in [4.69, 9.17) is 4.74 Å². The zero-order valence-corrected chi connectivity index (χ0v) is 16.1. The Balaban J connectivity index is 1.55. The first-order chi connectivity index (χ1) is 13.6. The Morgan fingerprint density at radius 2 is 2.04 bits per heavy atom. The normalized spacial score (nSPS) is 10.8. The summed E-state index contributed by atoms with van der Waals surface area (Å²) < 4.78 is 4.84. The molecular weight excluding hydrogens is 374 g/mol. The van der Waals surface area contributed by atoms with Gasteiger partial charge in [0, 0.05) is 35.1 Å². The Morgan fingerprint density at radius 3 is 2.75 bits per heavy atom. The van der Waals surface area contributed by atoms with Crippen molar-refractivity contribution in [2.45, 2.75) is 13.3 Å². The topological polar surface area (TPSA) is 81.2 Å². The highest BCUT2D eigenvalue weighted by Crippen LogP contribution is 2.23. The van der Waals surface area contributed by atoms with Crippen LogP contribution in [0.4, 0.5) is 5.69 Å². The molecule has 1 N–H and O–H groups in total. The number of carbonyl (C=O) groups is 2. The van der Waals surface area contributed by atoms with Crippen LogP contribution in [0, 0.1) is 0 Å². The number of thiazole rings is 1. The SMILES string of the molecule is CCOC(=O)/C=C/c1ccc(NC(=O)Cc2csc(-c3cccnc3)n2)cc1. The molecule has 0 spiro atoms. The molecule has 0 radical (unpaired) electrons. The molecule has 2 aromatic heterocycles. The Morgan fingerprint density at radius 1 is 1.21 bits per heavy atom. The third-order valence-corrected chi connectivity index (χ3v) is 4.63. The molecule has 28 heavy (non-hydrogen) atoms. The molecule has 142 valence electrons. The fourth-order valence-corrected chi connectivity index (χ4v) is 3.22. The first-order valence-corrected chi connectivity index (χ1v) is 9.61. The van der Waals surface area contributed by atoms with Gasteiger partial charge < -0.3 is 10.1 Å². The van der Waals surface area contributed by atoms with Gasteiger partial charge in [-0.05, 0) is 42.8 Å². The molecule has 0 saturated heterocycles. The van der Waals surface area contributed by atoms with Gasteiger partial charge in [-0.25, -0.2) is 9.78 Å². The quantitative estimate of drug-likeness (QED) is 0.485. The van der Waals surface area contributed by atoms with Gasteiger partial charge in [-0.2, -0.15) is 0 Å². The molecular formula is C21H19N3O3S. The van der Waals surface area contributed by atoms with E-state index < -0.39 is 0 Å². The van der Waals surface area contributed by atoms with Gasteiger partial charge in [0.25, 0.3) is 0 Å². The number of nitrogens with one attached hydrogen (secondary N) is 1. The molecule has 2 heterocycles. The Kier molecular flexibility index (Phi) is 6.64. The standard InChI is InChI=1S/C21H19N3O3S/c1-2-27-20(26)10-7-15-5-8-17(9-6-15)23-19(25)12-18-14-28-21(24-18)16-4-3-11-22-13-16/h3-11,13-14H,2,12H2,1H3,(H,23,25)/b10-7+. The maximum absolute atomic E-state index is 12.3. The predicted molar refractivity (Wildman–Crippen MR) is 110 cm³/mol. The highest BCUT2D eigenvalue weighted by molar-refractivity contribution is 7.13. The second-order valence-electron chi connectivity index (χ2n) is 5.82. The molecule has 3 aromatic rings. The minimum Gasteiger partial charge on any atom is -0.463 e. The second kappa shape index (κ2) is 9.57. The van der Waals surface area contributed by atoms with Gasteiger partial charge in [0.2, 0.25) is 5.91 Å². The number of hydrogen-bond donors (Lipinski definition) is 1. The maximum atomic E-state index is 12.3. The largest absolute Gasteiger partial charge is 0.463 e. The maximum Gasteiger partial charge on any atom is 0.330 e. The molecule has 0 bridgehead atoms. The number of carbonyl (C=O) groups excluding carboxylic acids is 2. The van der Waals surface area contributed by atoms with Gasteiger partial charge in [-0.3, -0.25) is 9.78 Å². The van der Waals surface area contributed by atoms with Gasteiger partial charge in [0.05, 0.1) is 18.7 Å². The molecule has 1 aromatic carbocycles. The van der Waals surface area contributed by atoms with E-state index in [0.29, 0.717) is 12.3 Å². The number of rotatable bonds is 7. The van der Waals surface area contributed by atoms with Gasteiger partial charge in [-0.15, -0.1) is 11.3 Å². The third kappa shape index (κ3) is 5.59. The van der Waals surface area contributed by atoms with E-state index in [1.54, 1.807) is 37.5 Å². The van der Waals surface area contributed by atoms with Crippen LogP contribution >= 0.6 is 11.3 Å². The minimum atomic E-state index is -0.381. The Labute approximate surface area is 166 Å². The number of benzene rings is 1. The predicted octanol–water partition coefficient (Wildman–Crippen LogP) is 3.96. The van der Waals surface area contributed by atoms with Crippen molar-refractivity contribution in [3.63, 3.8) is 0 Å². The number of pyridine rings is 1. The van der Waals surface area contributed by atoms with E-state index >= 15 is 0 Å². The molecule has 3 rings (SSSR count). The van der Waals surface area contributed by atoms with Crippen LogP contribution < -0.4 is 5.32 Å². The van der Waals surface area contributed by atoms with Crippen molar-refractivity contribution < 1.29 is 14.3 Å². The van der Waals surface area contributed by atoms with Gasteiger partial charge in [0.1, 0.15) is 5.01 Å². The summed E-state index contributed by atoms with van der Waals surface area (Å²) in [5, 5.41) is 5.57. The monoisotopic (exact) mass is 393 g/mol.